The number of nitrogens with zero attached hydrogens (tertiary/aromatic N) is 2. The normalized spacial score (nSPS) is 10.7. The van der Waals surface area contributed by atoms with Gasteiger partial charge in [-0.3, -0.25) is 0 Å². The highest BCUT2D eigenvalue weighted by Crippen LogP contribution is 2.32. The summed E-state index contributed by atoms with van der Waals surface area (Å²) >= 11 is 0. The molecule has 0 bridgehead atoms. The summed E-state index contributed by atoms with van der Waals surface area (Å²) in [6.07, 6.45) is -4.91. The van der Waals surface area contributed by atoms with E-state index in [0.717, 1.165) is 13.2 Å². The lowest BCUT2D eigenvalue weighted by Gasteiger charge is -2.12. The SMILES string of the molecule is COc1cc(N)c(C#N)nc1OC(F)(F)F. The van der Waals surface area contributed by atoms with Gasteiger partial charge in [-0.15, -0.1) is 13.2 Å². The highest BCUT2D eigenvalue weighted by molar-refractivity contribution is 5.56. The summed E-state index contributed by atoms with van der Waals surface area (Å²) in [4.78, 5) is 3.29. The van der Waals surface area contributed by atoms with Gasteiger partial charge in [0.15, 0.2) is 11.4 Å². The van der Waals surface area contributed by atoms with Crippen LogP contribution in [0.15, 0.2) is 6.07 Å². The number of rotatable bonds is 2. The summed E-state index contributed by atoms with van der Waals surface area (Å²) in [5, 5.41) is 8.53. The van der Waals surface area contributed by atoms with Gasteiger partial charge in [0.25, 0.3) is 5.88 Å². The molecule has 86 valence electrons. The minimum Gasteiger partial charge on any atom is -0.491 e. The molecule has 0 aliphatic rings. The predicted octanol–water partition coefficient (Wildman–Crippen LogP) is 1.44. The number of halogens is 3. The summed E-state index contributed by atoms with van der Waals surface area (Å²) in [6, 6.07) is 2.57. The van der Waals surface area contributed by atoms with Crippen LogP contribution in [0.2, 0.25) is 0 Å². The third-order valence-corrected chi connectivity index (χ3v) is 1.52. The zero-order valence-electron chi connectivity index (χ0n) is 8.00. The molecule has 0 aliphatic carbocycles. The van der Waals surface area contributed by atoms with Crippen molar-refractivity contribution in [2.45, 2.75) is 6.36 Å². The van der Waals surface area contributed by atoms with Gasteiger partial charge < -0.3 is 15.2 Å². The van der Waals surface area contributed by atoms with Crippen molar-refractivity contribution in [1.82, 2.24) is 4.98 Å². The second kappa shape index (κ2) is 4.14. The van der Waals surface area contributed by atoms with E-state index < -0.39 is 12.2 Å². The van der Waals surface area contributed by atoms with Crippen molar-refractivity contribution < 1.29 is 22.6 Å². The van der Waals surface area contributed by atoms with Crippen molar-refractivity contribution >= 4 is 5.69 Å². The average molecular weight is 233 g/mol. The molecule has 0 fully saturated rings. The Labute approximate surface area is 88.2 Å². The summed E-state index contributed by atoms with van der Waals surface area (Å²) in [5.74, 6) is -1.14. The van der Waals surface area contributed by atoms with Crippen LogP contribution in [0.3, 0.4) is 0 Å². The van der Waals surface area contributed by atoms with Gasteiger partial charge in [-0.2, -0.15) is 10.2 Å². The Kier molecular flexibility index (Phi) is 3.08. The molecule has 0 atom stereocenters. The maximum absolute atomic E-state index is 12.0. The molecule has 0 saturated heterocycles. The molecule has 8 heteroatoms. The Hall–Kier alpha value is -2.17. The van der Waals surface area contributed by atoms with Crippen LogP contribution in [0.25, 0.3) is 0 Å². The Morgan fingerprint density at radius 3 is 2.56 bits per heavy atom. The molecular formula is C8H6F3N3O2. The molecule has 1 rings (SSSR count). The maximum Gasteiger partial charge on any atom is 0.574 e. The van der Waals surface area contributed by atoms with E-state index >= 15 is 0 Å². The lowest BCUT2D eigenvalue weighted by atomic mass is 10.3. The molecule has 1 aromatic heterocycles. The van der Waals surface area contributed by atoms with E-state index in [-0.39, 0.29) is 17.1 Å². The molecule has 16 heavy (non-hydrogen) atoms. The molecule has 0 spiro atoms. The van der Waals surface area contributed by atoms with Crippen LogP contribution in [-0.2, 0) is 0 Å². The van der Waals surface area contributed by atoms with E-state index in [9.17, 15) is 13.2 Å². The topological polar surface area (TPSA) is 81.2 Å². The highest BCUT2D eigenvalue weighted by Gasteiger charge is 2.33. The van der Waals surface area contributed by atoms with Gasteiger partial charge in [-0.25, -0.2) is 0 Å². The van der Waals surface area contributed by atoms with Crippen molar-refractivity contribution in [2.75, 3.05) is 12.8 Å². The summed E-state index contributed by atoms with van der Waals surface area (Å²) in [5.41, 5.74) is 4.89. The number of aromatic nitrogens is 1. The fourth-order valence-electron chi connectivity index (χ4n) is 0.911. The van der Waals surface area contributed by atoms with Gasteiger partial charge in [0.2, 0.25) is 0 Å². The first-order valence-electron chi connectivity index (χ1n) is 3.87. The molecule has 5 nitrogen and oxygen atoms in total. The first kappa shape index (κ1) is 11.9. The van der Waals surface area contributed by atoms with Crippen molar-refractivity contribution in [3.63, 3.8) is 0 Å². The van der Waals surface area contributed by atoms with Crippen LogP contribution in [0.1, 0.15) is 5.69 Å². The number of hydrogen-bond donors (Lipinski definition) is 1. The summed E-state index contributed by atoms with van der Waals surface area (Å²) in [7, 11) is 1.13. The Morgan fingerprint density at radius 2 is 2.12 bits per heavy atom. The Bertz CT molecular complexity index is 439. The monoisotopic (exact) mass is 233 g/mol. The van der Waals surface area contributed by atoms with Gasteiger partial charge in [-0.1, -0.05) is 0 Å². The quantitative estimate of drug-likeness (QED) is 0.835. The molecule has 0 aliphatic heterocycles. The number of ether oxygens (including phenoxy) is 2. The third kappa shape index (κ3) is 2.66. The molecule has 2 N–H and O–H groups in total. The van der Waals surface area contributed by atoms with E-state index in [1.54, 1.807) is 0 Å². The lowest BCUT2D eigenvalue weighted by molar-refractivity contribution is -0.276. The Morgan fingerprint density at radius 1 is 1.50 bits per heavy atom. The number of methoxy groups -OCH3 is 1. The summed E-state index contributed by atoms with van der Waals surface area (Å²) < 4.78 is 44.1. The van der Waals surface area contributed by atoms with Crippen LogP contribution in [-0.4, -0.2) is 18.5 Å². The zero-order chi connectivity index (χ0) is 12.3. The number of anilines is 1. The van der Waals surface area contributed by atoms with E-state index in [2.05, 4.69) is 14.5 Å². The minimum atomic E-state index is -4.91. The van der Waals surface area contributed by atoms with E-state index in [4.69, 9.17) is 11.0 Å². The molecule has 0 amide bonds. The second-order valence-electron chi connectivity index (χ2n) is 2.59. The minimum absolute atomic E-state index is 0.0890. The average Bonchev–Trinajstić information content (AvgIpc) is 2.18. The number of pyridine rings is 1. The number of hydrogen-bond acceptors (Lipinski definition) is 5. The fourth-order valence-corrected chi connectivity index (χ4v) is 0.911. The van der Waals surface area contributed by atoms with Crippen LogP contribution in [0, 0.1) is 11.3 Å². The molecule has 0 radical (unpaired) electrons. The molecular weight excluding hydrogens is 227 g/mol. The zero-order valence-corrected chi connectivity index (χ0v) is 8.00. The number of nitriles is 1. The molecule has 0 aromatic carbocycles. The molecule has 0 unspecified atom stereocenters. The number of nitrogen functional groups attached to an aromatic ring is 1. The number of alkyl halides is 3. The van der Waals surface area contributed by atoms with E-state index in [0.29, 0.717) is 0 Å². The second-order valence-corrected chi connectivity index (χ2v) is 2.59. The van der Waals surface area contributed by atoms with Gasteiger partial charge in [0.05, 0.1) is 12.8 Å². The largest absolute Gasteiger partial charge is 0.574 e. The fraction of sp³-hybridized carbons (Fsp3) is 0.250. The third-order valence-electron chi connectivity index (χ3n) is 1.52. The predicted molar refractivity (Wildman–Crippen MR) is 46.6 cm³/mol. The number of nitrogens with two attached hydrogens (primary N) is 1. The maximum atomic E-state index is 12.0. The summed E-state index contributed by atoms with van der Waals surface area (Å²) in [6.45, 7) is 0. The highest BCUT2D eigenvalue weighted by atomic mass is 19.4. The van der Waals surface area contributed by atoms with Crippen LogP contribution in [0.4, 0.5) is 18.9 Å². The first-order valence-corrected chi connectivity index (χ1v) is 3.87. The van der Waals surface area contributed by atoms with E-state index in [1.807, 2.05) is 0 Å². The lowest BCUT2D eigenvalue weighted by Crippen LogP contribution is -2.19. The van der Waals surface area contributed by atoms with Crippen LogP contribution < -0.4 is 15.2 Å². The van der Waals surface area contributed by atoms with Crippen molar-refractivity contribution in [3.05, 3.63) is 11.8 Å². The first-order chi connectivity index (χ1) is 7.37. The van der Waals surface area contributed by atoms with Crippen LogP contribution in [0.5, 0.6) is 11.6 Å². The molecule has 1 aromatic rings. The van der Waals surface area contributed by atoms with Crippen molar-refractivity contribution in [1.29, 1.82) is 5.26 Å². The van der Waals surface area contributed by atoms with Crippen molar-refractivity contribution in [2.24, 2.45) is 0 Å². The van der Waals surface area contributed by atoms with Gasteiger partial charge in [0.1, 0.15) is 6.07 Å². The van der Waals surface area contributed by atoms with Crippen molar-refractivity contribution in [3.8, 4) is 17.7 Å². The van der Waals surface area contributed by atoms with E-state index in [1.165, 1.54) is 6.07 Å². The smallest absolute Gasteiger partial charge is 0.491 e. The molecule has 0 saturated carbocycles. The van der Waals surface area contributed by atoms with Gasteiger partial charge in [0, 0.05) is 6.07 Å². The Balaban J connectivity index is 3.21. The molecule has 1 heterocycles. The van der Waals surface area contributed by atoms with Crippen LogP contribution >= 0.6 is 0 Å². The van der Waals surface area contributed by atoms with Gasteiger partial charge >= 0.3 is 6.36 Å². The standard InChI is InChI=1S/C8H6F3N3O2/c1-15-6-2-4(13)5(3-12)14-7(6)16-8(9,10)11/h2H,13H2,1H3. The van der Waals surface area contributed by atoms with Gasteiger partial charge in [-0.05, 0) is 0 Å².